The number of nitrogens with one attached hydrogen (secondary N) is 3. The number of carboxylic acids is 2. The van der Waals surface area contributed by atoms with Crippen molar-refractivity contribution in [2.45, 2.75) is 49.9 Å². The average Bonchev–Trinajstić information content (AvgIpc) is 2.79. The summed E-state index contributed by atoms with van der Waals surface area (Å²) in [5, 5.41) is 43.7. The van der Waals surface area contributed by atoms with Gasteiger partial charge in [0.1, 0.15) is 23.9 Å². The highest BCUT2D eigenvalue weighted by atomic mass is 16.4. The Bertz CT molecular complexity index is 968. The zero-order valence-electron chi connectivity index (χ0n) is 19.0. The molecule has 4 unspecified atom stereocenters. The predicted octanol–water partition coefficient (Wildman–Crippen LogP) is -3.47. The number of rotatable bonds is 15. The number of aliphatic carboxylic acids is 2. The van der Waals surface area contributed by atoms with Crippen LogP contribution in [0.1, 0.15) is 24.8 Å². The van der Waals surface area contributed by atoms with Gasteiger partial charge in [0.25, 0.3) is 0 Å². The predicted molar refractivity (Wildman–Crippen MR) is 121 cm³/mol. The molecule has 15 heteroatoms. The molecular formula is C21H29N5O10. The number of carbonyl (C=O) groups is 6. The fraction of sp³-hybridized carbons (Fsp3) is 0.429. The Labute approximate surface area is 204 Å². The van der Waals surface area contributed by atoms with Crippen LogP contribution in [0.4, 0.5) is 0 Å². The minimum absolute atomic E-state index is 0.0437. The van der Waals surface area contributed by atoms with Gasteiger partial charge in [-0.2, -0.15) is 0 Å². The number of aromatic hydroxyl groups is 1. The molecule has 0 aliphatic rings. The van der Waals surface area contributed by atoms with E-state index >= 15 is 0 Å². The highest BCUT2D eigenvalue weighted by molar-refractivity contribution is 5.95. The molecule has 198 valence electrons. The van der Waals surface area contributed by atoms with Crippen molar-refractivity contribution >= 4 is 35.6 Å². The van der Waals surface area contributed by atoms with Crippen molar-refractivity contribution in [1.82, 2.24) is 16.0 Å². The van der Waals surface area contributed by atoms with E-state index in [4.69, 9.17) is 16.6 Å². The fourth-order valence-corrected chi connectivity index (χ4v) is 2.93. The van der Waals surface area contributed by atoms with E-state index < -0.39 is 85.6 Å². The minimum atomic E-state index is -1.65. The number of carbonyl (C=O) groups excluding carboxylic acids is 4. The van der Waals surface area contributed by atoms with Crippen molar-refractivity contribution < 1.29 is 49.2 Å². The van der Waals surface area contributed by atoms with Crippen molar-refractivity contribution in [2.75, 3.05) is 6.61 Å². The molecule has 0 aliphatic heterocycles. The topological polar surface area (TPSA) is 271 Å². The molecule has 0 saturated heterocycles. The van der Waals surface area contributed by atoms with Gasteiger partial charge in [0, 0.05) is 12.8 Å². The Kier molecular flexibility index (Phi) is 11.8. The van der Waals surface area contributed by atoms with E-state index in [0.29, 0.717) is 5.56 Å². The minimum Gasteiger partial charge on any atom is -0.508 e. The molecule has 0 spiro atoms. The lowest BCUT2D eigenvalue weighted by molar-refractivity contribution is -0.142. The number of nitrogens with two attached hydrogens (primary N) is 2. The van der Waals surface area contributed by atoms with Crippen LogP contribution >= 0.6 is 0 Å². The molecule has 0 heterocycles. The Morgan fingerprint density at radius 3 is 1.86 bits per heavy atom. The molecule has 1 aromatic carbocycles. The molecule has 4 atom stereocenters. The maximum atomic E-state index is 12.7. The van der Waals surface area contributed by atoms with E-state index in [1.54, 1.807) is 0 Å². The first-order valence-corrected chi connectivity index (χ1v) is 10.6. The number of carboxylic acid groups (broad SMARTS) is 2. The molecule has 0 saturated carbocycles. The number of phenolic OH excluding ortho intramolecular Hbond substituents is 1. The molecular weight excluding hydrogens is 482 g/mol. The lowest BCUT2D eigenvalue weighted by atomic mass is 10.1. The normalized spacial score (nSPS) is 13.9. The molecule has 1 aromatic rings. The van der Waals surface area contributed by atoms with Gasteiger partial charge in [0.05, 0.1) is 19.1 Å². The van der Waals surface area contributed by atoms with E-state index in [1.807, 2.05) is 0 Å². The second-order valence-corrected chi connectivity index (χ2v) is 7.78. The van der Waals surface area contributed by atoms with E-state index in [2.05, 4.69) is 16.0 Å². The second-order valence-electron chi connectivity index (χ2n) is 7.78. The standard InChI is InChI=1S/C21H29N5O10/c22-12(8-16(23)29)18(32)24-13(5-6-17(30)31)19(33)26-15(9-27)20(34)25-14(21(35)36)7-10-1-3-11(28)4-2-10/h1-4,12-15,27-28H,5-9,22H2,(H2,23,29)(H,24,32)(H,25,34)(H,26,33)(H,30,31)(H,35,36). The summed E-state index contributed by atoms with van der Waals surface area (Å²) in [5.74, 6) is -6.74. The largest absolute Gasteiger partial charge is 0.508 e. The van der Waals surface area contributed by atoms with Crippen LogP contribution in [-0.4, -0.2) is 86.8 Å². The Morgan fingerprint density at radius 2 is 1.36 bits per heavy atom. The van der Waals surface area contributed by atoms with E-state index in [9.17, 15) is 44.1 Å². The third kappa shape index (κ3) is 10.4. The molecule has 11 N–H and O–H groups in total. The van der Waals surface area contributed by atoms with Gasteiger partial charge in [-0.1, -0.05) is 12.1 Å². The number of aliphatic hydroxyl groups is 1. The molecule has 36 heavy (non-hydrogen) atoms. The van der Waals surface area contributed by atoms with Gasteiger partial charge in [0.15, 0.2) is 0 Å². The maximum absolute atomic E-state index is 12.7. The molecule has 0 bridgehead atoms. The number of aliphatic hydroxyl groups excluding tert-OH is 1. The Balaban J connectivity index is 2.91. The zero-order chi connectivity index (χ0) is 27.4. The molecule has 4 amide bonds. The molecule has 0 radical (unpaired) electrons. The average molecular weight is 511 g/mol. The van der Waals surface area contributed by atoms with Crippen LogP contribution in [-0.2, 0) is 35.2 Å². The van der Waals surface area contributed by atoms with Crippen LogP contribution in [0.15, 0.2) is 24.3 Å². The van der Waals surface area contributed by atoms with Gasteiger partial charge < -0.3 is 47.8 Å². The quantitative estimate of drug-likeness (QED) is 0.112. The summed E-state index contributed by atoms with van der Waals surface area (Å²) < 4.78 is 0. The molecule has 0 aliphatic carbocycles. The van der Waals surface area contributed by atoms with Gasteiger partial charge in [-0.05, 0) is 24.1 Å². The third-order valence-electron chi connectivity index (χ3n) is 4.84. The van der Waals surface area contributed by atoms with Crippen molar-refractivity contribution in [1.29, 1.82) is 0 Å². The lowest BCUT2D eigenvalue weighted by Gasteiger charge is -2.24. The van der Waals surface area contributed by atoms with Crippen LogP contribution in [0.3, 0.4) is 0 Å². The smallest absolute Gasteiger partial charge is 0.326 e. The van der Waals surface area contributed by atoms with Crippen LogP contribution in [0.5, 0.6) is 5.75 Å². The number of primary amides is 1. The van der Waals surface area contributed by atoms with Crippen molar-refractivity contribution in [2.24, 2.45) is 11.5 Å². The highest BCUT2D eigenvalue weighted by Crippen LogP contribution is 2.11. The van der Waals surface area contributed by atoms with Crippen LogP contribution < -0.4 is 27.4 Å². The molecule has 0 aromatic heterocycles. The van der Waals surface area contributed by atoms with Gasteiger partial charge in [-0.3, -0.25) is 24.0 Å². The lowest BCUT2D eigenvalue weighted by Crippen LogP contribution is -2.58. The summed E-state index contributed by atoms with van der Waals surface area (Å²) in [6.45, 7) is -0.954. The third-order valence-corrected chi connectivity index (χ3v) is 4.84. The Hall–Kier alpha value is -4.24. The monoisotopic (exact) mass is 511 g/mol. The second kappa shape index (κ2) is 14.2. The maximum Gasteiger partial charge on any atom is 0.326 e. The van der Waals surface area contributed by atoms with E-state index in [0.717, 1.165) is 0 Å². The first-order chi connectivity index (χ1) is 16.8. The number of phenols is 1. The number of benzene rings is 1. The highest BCUT2D eigenvalue weighted by Gasteiger charge is 2.30. The van der Waals surface area contributed by atoms with Gasteiger partial charge >= 0.3 is 11.9 Å². The molecule has 15 nitrogen and oxygen atoms in total. The zero-order valence-corrected chi connectivity index (χ0v) is 19.0. The van der Waals surface area contributed by atoms with Gasteiger partial charge in [-0.15, -0.1) is 0 Å². The van der Waals surface area contributed by atoms with Gasteiger partial charge in [-0.25, -0.2) is 4.79 Å². The molecule has 1 rings (SSSR count). The number of hydrogen-bond acceptors (Lipinski definition) is 9. The van der Waals surface area contributed by atoms with Crippen LogP contribution in [0.25, 0.3) is 0 Å². The summed E-state index contributed by atoms with van der Waals surface area (Å²) >= 11 is 0. The number of hydrogen-bond donors (Lipinski definition) is 9. The first-order valence-electron chi connectivity index (χ1n) is 10.6. The first kappa shape index (κ1) is 29.8. The summed E-state index contributed by atoms with van der Waals surface area (Å²) in [5.41, 5.74) is 11.0. The van der Waals surface area contributed by atoms with Crippen LogP contribution in [0.2, 0.25) is 0 Å². The van der Waals surface area contributed by atoms with Gasteiger partial charge in [0.2, 0.25) is 23.6 Å². The van der Waals surface area contributed by atoms with Crippen molar-refractivity contribution in [3.8, 4) is 5.75 Å². The summed E-state index contributed by atoms with van der Waals surface area (Å²) in [4.78, 5) is 70.9. The molecule has 0 fully saturated rings. The van der Waals surface area contributed by atoms with E-state index in [-0.39, 0.29) is 12.2 Å². The van der Waals surface area contributed by atoms with Crippen LogP contribution in [0, 0.1) is 0 Å². The fourth-order valence-electron chi connectivity index (χ4n) is 2.93. The SMILES string of the molecule is NC(=O)CC(N)C(=O)NC(CCC(=O)O)C(=O)NC(CO)C(=O)NC(Cc1ccc(O)cc1)C(=O)O. The number of amides is 4. The Morgan fingerprint density at radius 1 is 0.833 bits per heavy atom. The van der Waals surface area contributed by atoms with Crippen molar-refractivity contribution in [3.63, 3.8) is 0 Å². The summed E-state index contributed by atoms with van der Waals surface area (Å²) in [6.07, 6.45) is -1.71. The summed E-state index contributed by atoms with van der Waals surface area (Å²) in [7, 11) is 0. The van der Waals surface area contributed by atoms with E-state index in [1.165, 1.54) is 24.3 Å². The summed E-state index contributed by atoms with van der Waals surface area (Å²) in [6, 6.07) is -0.494. The van der Waals surface area contributed by atoms with Crippen molar-refractivity contribution in [3.05, 3.63) is 29.8 Å².